The number of phosphoric ester groups is 1. The van der Waals surface area contributed by atoms with Gasteiger partial charge < -0.3 is 19.4 Å². The molecule has 0 aliphatic heterocycles. The number of carbonyl (C=O) groups excluding carboxylic acids is 2. The van der Waals surface area contributed by atoms with Gasteiger partial charge in [0.05, 0.1) is 33.8 Å². The Morgan fingerprint density at radius 2 is 0.955 bits per heavy atom. The highest BCUT2D eigenvalue weighted by molar-refractivity contribution is 7.47. The average Bonchev–Trinajstić information content (AvgIpc) is 3.28. The number of allylic oxidation sites excluding steroid dienone is 11. The van der Waals surface area contributed by atoms with Gasteiger partial charge in [-0.3, -0.25) is 18.6 Å². The molecule has 0 bridgehead atoms. The van der Waals surface area contributed by atoms with Crippen molar-refractivity contribution in [2.45, 2.75) is 238 Å². The lowest BCUT2D eigenvalue weighted by Crippen LogP contribution is -2.47. The standard InChI is InChI=1S/C57H103N2O7P/c1-7-10-13-16-19-22-25-26-27-28-29-30-31-32-35-38-41-44-47-50-57(61)66-55(48-45-42-39-36-33-23-20-17-14-11-8-2)54(53-65-67(62,63)64-52-51-59(4,5)6)58-56(60)49-46-43-40-37-34-24-21-18-15-12-9-3/h10,13,19,22,26-27,29-30,32,35,45,48,54-55H,7-9,11-12,14-18,20-21,23-25,28,31,33-34,36-44,46-47,49-53H2,1-6H3,(H-,58,60,62,63)/p+1/b13-10-,22-19-,27-26-,30-29-,35-32-,48-45+. The van der Waals surface area contributed by atoms with E-state index >= 15 is 0 Å². The summed E-state index contributed by atoms with van der Waals surface area (Å²) in [5, 5.41) is 3.03. The number of hydrogen-bond acceptors (Lipinski definition) is 6. The van der Waals surface area contributed by atoms with Crippen LogP contribution < -0.4 is 5.32 Å². The number of esters is 1. The van der Waals surface area contributed by atoms with Crippen molar-refractivity contribution in [2.24, 2.45) is 0 Å². The molecule has 0 spiro atoms. The molecule has 0 aromatic rings. The fraction of sp³-hybridized carbons (Fsp3) is 0.754. The number of unbranched alkanes of at least 4 members (excludes halogenated alkanes) is 22. The van der Waals surface area contributed by atoms with E-state index in [0.29, 0.717) is 23.9 Å². The summed E-state index contributed by atoms with van der Waals surface area (Å²) in [6, 6.07) is -0.860. The molecule has 0 fully saturated rings. The van der Waals surface area contributed by atoms with E-state index in [4.69, 9.17) is 13.8 Å². The van der Waals surface area contributed by atoms with Gasteiger partial charge in [-0.25, -0.2) is 4.57 Å². The second kappa shape index (κ2) is 47.1. The van der Waals surface area contributed by atoms with Crippen LogP contribution in [-0.2, 0) is 27.9 Å². The summed E-state index contributed by atoms with van der Waals surface area (Å²) in [5.74, 6) is -0.546. The molecule has 0 rings (SSSR count). The maximum absolute atomic E-state index is 13.4. The van der Waals surface area contributed by atoms with Crippen molar-refractivity contribution in [3.05, 3.63) is 72.9 Å². The first-order valence-electron chi connectivity index (χ1n) is 27.3. The molecule has 0 aliphatic carbocycles. The van der Waals surface area contributed by atoms with E-state index in [1.54, 1.807) is 0 Å². The number of nitrogens with zero attached hydrogens (tertiary/aromatic N) is 1. The predicted octanol–water partition coefficient (Wildman–Crippen LogP) is 16.1. The molecule has 1 amide bonds. The zero-order valence-electron chi connectivity index (χ0n) is 44.1. The Hall–Kier alpha value is -2.55. The Balaban J connectivity index is 5.39. The molecule has 10 heteroatoms. The van der Waals surface area contributed by atoms with Crippen molar-refractivity contribution in [1.29, 1.82) is 0 Å². The van der Waals surface area contributed by atoms with Gasteiger partial charge in [-0.15, -0.1) is 0 Å². The summed E-state index contributed by atoms with van der Waals surface area (Å²) in [6.07, 6.45) is 59.0. The van der Waals surface area contributed by atoms with Gasteiger partial charge in [0.15, 0.2) is 0 Å². The third-order valence-electron chi connectivity index (χ3n) is 11.7. The fourth-order valence-electron chi connectivity index (χ4n) is 7.44. The highest BCUT2D eigenvalue weighted by atomic mass is 31.2. The Bertz CT molecular complexity index is 1380. The maximum atomic E-state index is 13.4. The van der Waals surface area contributed by atoms with Gasteiger partial charge >= 0.3 is 13.8 Å². The first-order valence-corrected chi connectivity index (χ1v) is 28.8. The van der Waals surface area contributed by atoms with Gasteiger partial charge in [0.2, 0.25) is 5.91 Å². The molecule has 0 heterocycles. The second-order valence-corrected chi connectivity index (χ2v) is 20.8. The van der Waals surface area contributed by atoms with E-state index in [-0.39, 0.29) is 31.5 Å². The quantitative estimate of drug-likeness (QED) is 0.0205. The highest BCUT2D eigenvalue weighted by Gasteiger charge is 2.30. The molecule has 67 heavy (non-hydrogen) atoms. The van der Waals surface area contributed by atoms with Crippen LogP contribution in [0.3, 0.4) is 0 Å². The van der Waals surface area contributed by atoms with E-state index in [2.05, 4.69) is 86.8 Å². The minimum Gasteiger partial charge on any atom is -0.456 e. The predicted molar refractivity (Wildman–Crippen MR) is 286 cm³/mol. The summed E-state index contributed by atoms with van der Waals surface area (Å²) in [5.41, 5.74) is 0. The van der Waals surface area contributed by atoms with Crippen LogP contribution in [0.2, 0.25) is 0 Å². The molecule has 2 N–H and O–H groups in total. The van der Waals surface area contributed by atoms with Crippen LogP contribution in [0.25, 0.3) is 0 Å². The maximum Gasteiger partial charge on any atom is 0.472 e. The summed E-state index contributed by atoms with van der Waals surface area (Å²) >= 11 is 0. The fourth-order valence-corrected chi connectivity index (χ4v) is 8.17. The van der Waals surface area contributed by atoms with Gasteiger partial charge in [0, 0.05) is 12.8 Å². The summed E-state index contributed by atoms with van der Waals surface area (Å²) in [6.45, 7) is 6.84. The van der Waals surface area contributed by atoms with Crippen molar-refractivity contribution in [3.8, 4) is 0 Å². The number of hydrogen-bond donors (Lipinski definition) is 2. The summed E-state index contributed by atoms with van der Waals surface area (Å²) in [7, 11) is 1.47. The molecule has 0 radical (unpaired) electrons. The van der Waals surface area contributed by atoms with E-state index in [1.807, 2.05) is 33.3 Å². The van der Waals surface area contributed by atoms with Crippen LogP contribution in [-0.4, -0.2) is 74.3 Å². The van der Waals surface area contributed by atoms with Gasteiger partial charge in [-0.2, -0.15) is 0 Å². The Kier molecular flexibility index (Phi) is 45.3. The normalized spacial score (nSPS) is 14.4. The SMILES string of the molecule is CC/C=C\C/C=C\C/C=C\C/C=C\C/C=C\CCCCCC(=O)OC(/C=C/CCCCCCCCCCC)C(COP(=O)(O)OCC[N+](C)(C)C)NC(=O)CCCCCCCCCCCCC. The monoisotopic (exact) mass is 960 g/mol. The van der Waals surface area contributed by atoms with Crippen molar-refractivity contribution < 1.29 is 37.3 Å². The van der Waals surface area contributed by atoms with E-state index in [0.717, 1.165) is 89.9 Å². The number of ether oxygens (including phenoxy) is 1. The summed E-state index contributed by atoms with van der Waals surface area (Å²) < 4.78 is 30.5. The van der Waals surface area contributed by atoms with Crippen LogP contribution in [0.4, 0.5) is 0 Å². The van der Waals surface area contributed by atoms with Crippen LogP contribution in [0.5, 0.6) is 0 Å². The van der Waals surface area contributed by atoms with E-state index < -0.39 is 20.0 Å². The van der Waals surface area contributed by atoms with Crippen molar-refractivity contribution in [1.82, 2.24) is 5.32 Å². The highest BCUT2D eigenvalue weighted by Crippen LogP contribution is 2.43. The largest absolute Gasteiger partial charge is 0.472 e. The number of carbonyl (C=O) groups is 2. The Morgan fingerprint density at radius 3 is 1.45 bits per heavy atom. The molecular formula is C57H104N2O7P+. The lowest BCUT2D eigenvalue weighted by atomic mass is 10.0. The molecule has 0 aromatic heterocycles. The van der Waals surface area contributed by atoms with Crippen LogP contribution in [0.15, 0.2) is 72.9 Å². The third kappa shape index (κ3) is 48.3. The van der Waals surface area contributed by atoms with E-state index in [9.17, 15) is 19.0 Å². The number of amides is 1. The first kappa shape index (κ1) is 64.5. The number of phosphoric acid groups is 1. The molecule has 3 atom stereocenters. The molecule has 388 valence electrons. The smallest absolute Gasteiger partial charge is 0.456 e. The lowest BCUT2D eigenvalue weighted by molar-refractivity contribution is -0.870. The van der Waals surface area contributed by atoms with Crippen LogP contribution in [0, 0.1) is 0 Å². The van der Waals surface area contributed by atoms with Gasteiger partial charge in [0.25, 0.3) is 0 Å². The minimum absolute atomic E-state index is 0.0330. The van der Waals surface area contributed by atoms with Crippen LogP contribution in [0.1, 0.15) is 226 Å². The number of nitrogens with one attached hydrogen (secondary N) is 1. The van der Waals surface area contributed by atoms with Gasteiger partial charge in [-0.1, -0.05) is 210 Å². The molecular weight excluding hydrogens is 856 g/mol. The van der Waals surface area contributed by atoms with Crippen molar-refractivity contribution >= 4 is 19.7 Å². The van der Waals surface area contributed by atoms with Gasteiger partial charge in [0.1, 0.15) is 19.3 Å². The molecule has 0 saturated heterocycles. The summed E-state index contributed by atoms with van der Waals surface area (Å²) in [4.78, 5) is 37.4. The number of quaternary nitrogens is 1. The van der Waals surface area contributed by atoms with E-state index in [1.165, 1.54) is 96.3 Å². The van der Waals surface area contributed by atoms with Crippen LogP contribution >= 0.6 is 7.82 Å². The van der Waals surface area contributed by atoms with Crippen molar-refractivity contribution in [3.63, 3.8) is 0 Å². The zero-order valence-corrected chi connectivity index (χ0v) is 45.0. The Labute approximate surface area is 413 Å². The molecule has 9 nitrogen and oxygen atoms in total. The Morgan fingerprint density at radius 1 is 0.537 bits per heavy atom. The minimum atomic E-state index is -4.45. The topological polar surface area (TPSA) is 111 Å². The number of likely N-dealkylation sites (N-methyl/N-ethyl adjacent to an activating group) is 1. The lowest BCUT2D eigenvalue weighted by Gasteiger charge is -2.27. The molecule has 0 aromatic carbocycles. The van der Waals surface area contributed by atoms with Crippen molar-refractivity contribution in [2.75, 3.05) is 40.9 Å². The number of rotatable bonds is 48. The third-order valence-corrected chi connectivity index (χ3v) is 12.6. The molecule has 3 unspecified atom stereocenters. The first-order chi connectivity index (χ1) is 32.4. The molecule has 0 saturated carbocycles. The van der Waals surface area contributed by atoms with Gasteiger partial charge in [-0.05, 0) is 76.7 Å². The second-order valence-electron chi connectivity index (χ2n) is 19.4. The zero-order chi connectivity index (χ0) is 49.4. The molecule has 0 aliphatic rings. The average molecular weight is 960 g/mol.